The minimum absolute atomic E-state index is 0.353. The second kappa shape index (κ2) is 4.74. The molecule has 1 unspecified atom stereocenters. The van der Waals surface area contributed by atoms with Crippen molar-refractivity contribution in [1.82, 2.24) is 0 Å². The number of anilines is 1. The minimum atomic E-state index is -1.05. The van der Waals surface area contributed by atoms with E-state index in [0.29, 0.717) is 27.6 Å². The van der Waals surface area contributed by atoms with Crippen LogP contribution in [0.1, 0.15) is 27.0 Å². The third-order valence-corrected chi connectivity index (χ3v) is 4.96. The van der Waals surface area contributed by atoms with E-state index in [9.17, 15) is 4.79 Å². The van der Waals surface area contributed by atoms with E-state index in [1.165, 1.54) is 0 Å². The lowest BCUT2D eigenvalue weighted by Crippen LogP contribution is -2.33. The predicted octanol–water partition coefficient (Wildman–Crippen LogP) is 3.74. The minimum Gasteiger partial charge on any atom is -0.780 e. The third kappa shape index (κ3) is 1.78. The zero-order valence-electron chi connectivity index (χ0n) is 13.0. The number of carbonyl (C=O) groups is 1. The molecule has 4 nitrogen and oxygen atoms in total. The highest BCUT2D eigenvalue weighted by Gasteiger charge is 2.53. The van der Waals surface area contributed by atoms with Crippen molar-refractivity contribution in [1.29, 1.82) is 0 Å². The molecule has 0 aliphatic carbocycles. The van der Waals surface area contributed by atoms with Gasteiger partial charge in [-0.05, 0) is 24.3 Å². The number of ether oxygens (including phenoxy) is 2. The fourth-order valence-corrected chi connectivity index (χ4v) is 3.85. The Morgan fingerprint density at radius 1 is 0.880 bits per heavy atom. The Kier molecular flexibility index (Phi) is 2.71. The fraction of sp³-hybridized carbons (Fsp3) is 0.0500. The first-order chi connectivity index (χ1) is 12.1. The molecular formula is C20H12NO3S-. The zero-order valence-corrected chi connectivity index (χ0v) is 13.8. The van der Waals surface area contributed by atoms with Gasteiger partial charge in [0.1, 0.15) is 11.5 Å². The Hall–Kier alpha value is -3.05. The van der Waals surface area contributed by atoms with Crippen molar-refractivity contribution in [2.75, 3.05) is 5.73 Å². The number of nitrogen functional groups attached to an aromatic ring is 1. The summed E-state index contributed by atoms with van der Waals surface area (Å²) >= 11 is 5.27. The van der Waals surface area contributed by atoms with Crippen LogP contribution in [0.25, 0.3) is 0 Å². The van der Waals surface area contributed by atoms with E-state index in [4.69, 9.17) is 27.8 Å². The number of fused-ring (bicyclic) bond motifs is 6. The standard InChI is InChI=1S/C20H13NO3S/c21-11-5-7-15-17(9-11)23-18-10-12(25)6-8-16(18)20(15)14-4-2-1-3-13(14)19(22)24-20/h1-10,25H,21H2/p-1. The van der Waals surface area contributed by atoms with E-state index < -0.39 is 5.60 Å². The number of hydrogen-bond acceptors (Lipinski definition) is 5. The summed E-state index contributed by atoms with van der Waals surface area (Å²) in [6, 6.07) is 18.2. The molecule has 0 saturated heterocycles. The van der Waals surface area contributed by atoms with Crippen LogP contribution in [0, 0.1) is 0 Å². The monoisotopic (exact) mass is 346 g/mol. The lowest BCUT2D eigenvalue weighted by atomic mass is 9.77. The van der Waals surface area contributed by atoms with Crippen molar-refractivity contribution in [3.63, 3.8) is 0 Å². The molecule has 1 spiro atoms. The van der Waals surface area contributed by atoms with Gasteiger partial charge < -0.3 is 27.8 Å². The molecule has 2 heterocycles. The summed E-state index contributed by atoms with van der Waals surface area (Å²) in [5, 5.41) is 0. The maximum atomic E-state index is 12.6. The normalized spacial score (nSPS) is 19.6. The van der Waals surface area contributed by atoms with E-state index in [0.717, 1.165) is 16.7 Å². The second-order valence-electron chi connectivity index (χ2n) is 6.13. The van der Waals surface area contributed by atoms with Crippen LogP contribution in [-0.2, 0) is 23.0 Å². The number of esters is 1. The summed E-state index contributed by atoms with van der Waals surface area (Å²) in [7, 11) is 0. The van der Waals surface area contributed by atoms with Crippen LogP contribution >= 0.6 is 0 Å². The lowest BCUT2D eigenvalue weighted by molar-refractivity contribution is 0.0224. The predicted molar refractivity (Wildman–Crippen MR) is 94.7 cm³/mol. The van der Waals surface area contributed by atoms with Crippen molar-refractivity contribution in [3.05, 3.63) is 82.9 Å². The molecule has 1 atom stereocenters. The fourth-order valence-electron chi connectivity index (χ4n) is 3.67. The highest BCUT2D eigenvalue weighted by Crippen LogP contribution is 2.56. The molecule has 3 aromatic rings. The van der Waals surface area contributed by atoms with Crippen LogP contribution in [0.5, 0.6) is 11.5 Å². The van der Waals surface area contributed by atoms with Gasteiger partial charge in [0.2, 0.25) is 0 Å². The first-order valence-electron chi connectivity index (χ1n) is 7.82. The SMILES string of the molecule is Nc1ccc2c(c1)Oc1cc([S-])ccc1C21OC(=O)c2ccccc21. The van der Waals surface area contributed by atoms with E-state index in [-0.39, 0.29) is 5.97 Å². The van der Waals surface area contributed by atoms with Gasteiger partial charge in [0.15, 0.2) is 5.60 Å². The largest absolute Gasteiger partial charge is 0.780 e. The molecule has 0 aromatic heterocycles. The van der Waals surface area contributed by atoms with Crippen LogP contribution in [0.2, 0.25) is 0 Å². The molecule has 0 saturated carbocycles. The van der Waals surface area contributed by atoms with Gasteiger partial charge in [-0.15, -0.1) is 0 Å². The molecular weight excluding hydrogens is 334 g/mol. The van der Waals surface area contributed by atoms with Gasteiger partial charge in [-0.2, -0.15) is 4.90 Å². The van der Waals surface area contributed by atoms with E-state index in [1.807, 2.05) is 36.4 Å². The molecule has 5 rings (SSSR count). The average Bonchev–Trinajstić information content (AvgIpc) is 2.88. The molecule has 0 radical (unpaired) electrons. The summed E-state index contributed by atoms with van der Waals surface area (Å²) in [5.74, 6) is 0.793. The average molecular weight is 346 g/mol. The second-order valence-corrected chi connectivity index (χ2v) is 6.60. The Bertz CT molecular complexity index is 1010. The summed E-state index contributed by atoms with van der Waals surface area (Å²) < 4.78 is 12.0. The van der Waals surface area contributed by atoms with Crippen molar-refractivity contribution in [2.45, 2.75) is 10.5 Å². The zero-order chi connectivity index (χ0) is 17.2. The molecule has 25 heavy (non-hydrogen) atoms. The van der Waals surface area contributed by atoms with Crippen molar-refractivity contribution < 1.29 is 14.3 Å². The number of rotatable bonds is 0. The quantitative estimate of drug-likeness (QED) is 0.382. The van der Waals surface area contributed by atoms with Crippen molar-refractivity contribution in [3.8, 4) is 11.5 Å². The summed E-state index contributed by atoms with van der Waals surface area (Å²) in [5.41, 5.74) is 8.33. The van der Waals surface area contributed by atoms with Gasteiger partial charge in [-0.25, -0.2) is 4.79 Å². The van der Waals surface area contributed by atoms with Crippen LogP contribution in [0.4, 0.5) is 5.69 Å². The number of carbonyl (C=O) groups excluding carboxylic acids is 1. The van der Waals surface area contributed by atoms with Crippen molar-refractivity contribution in [2.24, 2.45) is 0 Å². The Morgan fingerprint density at radius 3 is 2.44 bits per heavy atom. The molecule has 0 bridgehead atoms. The first kappa shape index (κ1) is 14.3. The van der Waals surface area contributed by atoms with Gasteiger partial charge in [-0.1, -0.05) is 30.3 Å². The van der Waals surface area contributed by atoms with Gasteiger partial charge in [0, 0.05) is 28.4 Å². The molecule has 0 amide bonds. The molecule has 2 aliphatic rings. The number of hydrogen-bond donors (Lipinski definition) is 1. The lowest BCUT2D eigenvalue weighted by Gasteiger charge is -2.37. The molecule has 5 heteroatoms. The van der Waals surface area contributed by atoms with Gasteiger partial charge >= 0.3 is 5.97 Å². The van der Waals surface area contributed by atoms with Crippen LogP contribution in [0.15, 0.2) is 65.6 Å². The maximum Gasteiger partial charge on any atom is 0.340 e. The molecule has 2 N–H and O–H groups in total. The summed E-state index contributed by atoms with van der Waals surface area (Å²) in [4.78, 5) is 13.2. The summed E-state index contributed by atoms with van der Waals surface area (Å²) in [6.07, 6.45) is 0. The highest BCUT2D eigenvalue weighted by atomic mass is 32.1. The Labute approximate surface area is 149 Å². The Morgan fingerprint density at radius 2 is 1.60 bits per heavy atom. The van der Waals surface area contributed by atoms with Gasteiger partial charge in [-0.3, -0.25) is 0 Å². The highest BCUT2D eigenvalue weighted by molar-refractivity contribution is 7.58. The van der Waals surface area contributed by atoms with Crippen LogP contribution in [0.3, 0.4) is 0 Å². The summed E-state index contributed by atoms with van der Waals surface area (Å²) in [6.45, 7) is 0. The topological polar surface area (TPSA) is 61.6 Å². The van der Waals surface area contributed by atoms with Crippen molar-refractivity contribution >= 4 is 24.3 Å². The van der Waals surface area contributed by atoms with E-state index in [1.54, 1.807) is 24.3 Å². The van der Waals surface area contributed by atoms with Crippen LogP contribution in [-0.4, -0.2) is 5.97 Å². The van der Waals surface area contributed by atoms with Crippen LogP contribution < -0.4 is 10.5 Å². The van der Waals surface area contributed by atoms with Gasteiger partial charge in [0.05, 0.1) is 5.56 Å². The molecule has 3 aromatic carbocycles. The van der Waals surface area contributed by atoms with E-state index in [2.05, 4.69) is 0 Å². The maximum absolute atomic E-state index is 12.6. The third-order valence-electron chi connectivity index (χ3n) is 4.71. The number of benzene rings is 3. The molecule has 0 fully saturated rings. The molecule has 122 valence electrons. The van der Waals surface area contributed by atoms with Gasteiger partial charge in [0.25, 0.3) is 0 Å². The number of nitrogens with two attached hydrogens (primary N) is 1. The first-order valence-corrected chi connectivity index (χ1v) is 8.23. The smallest absolute Gasteiger partial charge is 0.340 e. The van der Waals surface area contributed by atoms with E-state index >= 15 is 0 Å². The molecule has 2 aliphatic heterocycles. The Balaban J connectivity index is 1.91.